The minimum Gasteiger partial charge on any atom is -0.377 e. The fourth-order valence-corrected chi connectivity index (χ4v) is 5.41. The Kier molecular flexibility index (Phi) is 3.20. The van der Waals surface area contributed by atoms with E-state index in [9.17, 15) is 0 Å². The van der Waals surface area contributed by atoms with E-state index in [4.69, 9.17) is 4.74 Å². The topological polar surface area (TPSA) is 51.5 Å². The van der Waals surface area contributed by atoms with Crippen LogP contribution in [0.25, 0.3) is 5.65 Å². The van der Waals surface area contributed by atoms with Gasteiger partial charge in [-0.3, -0.25) is 4.40 Å². The Morgan fingerprint density at radius 3 is 3.09 bits per heavy atom. The summed E-state index contributed by atoms with van der Waals surface area (Å²) >= 11 is 0. The maximum absolute atomic E-state index is 6.06. The number of hydrogen-bond acceptors (Lipinski definition) is 4. The number of pyridine rings is 1. The fourth-order valence-electron chi connectivity index (χ4n) is 5.41. The highest BCUT2D eigenvalue weighted by Crippen LogP contribution is 2.60. The number of hydrogen-bond donors (Lipinski definition) is 1. The van der Waals surface area contributed by atoms with E-state index in [1.807, 2.05) is 24.4 Å². The second-order valence-corrected chi connectivity index (χ2v) is 7.41. The van der Waals surface area contributed by atoms with E-state index >= 15 is 0 Å². The molecule has 1 saturated heterocycles. The lowest BCUT2D eigenvalue weighted by molar-refractivity contribution is -0.130. The Hall–Kier alpha value is -1.46. The van der Waals surface area contributed by atoms with E-state index in [1.165, 1.54) is 32.1 Å². The van der Waals surface area contributed by atoms with E-state index in [-0.39, 0.29) is 0 Å². The number of aromatic nitrogens is 3. The summed E-state index contributed by atoms with van der Waals surface area (Å²) < 4.78 is 8.16. The first-order valence-electron chi connectivity index (χ1n) is 9.02. The van der Waals surface area contributed by atoms with Gasteiger partial charge in [0.15, 0.2) is 5.65 Å². The van der Waals surface area contributed by atoms with Crippen molar-refractivity contribution in [3.05, 3.63) is 30.2 Å². The highest BCUT2D eigenvalue weighted by molar-refractivity contribution is 5.37. The standard InChI is InChI=1S/C18H24N4O/c1-4-11-22-14(5-1)20-21-15(22)6-10-19-16-13-7-12-23-17(13)18(16)8-2-3-9-18/h1,4-5,11,13,16-17,19H,2-3,6-10,12H2/t13-,16+,17+/m0/s1. The number of rotatable bonds is 4. The minimum absolute atomic E-state index is 0.439. The molecule has 122 valence electrons. The van der Waals surface area contributed by atoms with Crippen LogP contribution in [-0.2, 0) is 11.2 Å². The third-order valence-electron chi connectivity index (χ3n) is 6.38. The molecule has 0 unspecified atom stereocenters. The van der Waals surface area contributed by atoms with Gasteiger partial charge < -0.3 is 10.1 Å². The molecule has 3 heterocycles. The summed E-state index contributed by atoms with van der Waals surface area (Å²) in [5.74, 6) is 1.79. The predicted molar refractivity (Wildman–Crippen MR) is 87.2 cm³/mol. The molecule has 1 N–H and O–H groups in total. The molecule has 3 fully saturated rings. The van der Waals surface area contributed by atoms with Gasteiger partial charge in [-0.15, -0.1) is 10.2 Å². The molecular formula is C18H24N4O. The SMILES string of the molecule is c1ccn2c(CCN[C@@H]3[C@@H]4CCO[C@H]4C34CCCC4)nnc2c1. The summed E-state index contributed by atoms with van der Waals surface area (Å²) in [6.07, 6.45) is 10.2. The van der Waals surface area contributed by atoms with E-state index < -0.39 is 0 Å². The summed E-state index contributed by atoms with van der Waals surface area (Å²) in [6, 6.07) is 6.69. The monoisotopic (exact) mass is 312 g/mol. The second kappa shape index (κ2) is 5.28. The molecule has 5 rings (SSSR count). The first-order chi connectivity index (χ1) is 11.4. The fraction of sp³-hybridized carbons (Fsp3) is 0.667. The lowest BCUT2D eigenvalue weighted by Crippen LogP contribution is -2.67. The van der Waals surface area contributed by atoms with Gasteiger partial charge in [0.25, 0.3) is 0 Å². The van der Waals surface area contributed by atoms with E-state index in [2.05, 4.69) is 19.9 Å². The van der Waals surface area contributed by atoms with Crippen LogP contribution in [0.5, 0.6) is 0 Å². The van der Waals surface area contributed by atoms with E-state index in [1.54, 1.807) is 0 Å². The average Bonchev–Trinajstić information content (AvgIpc) is 3.30. The van der Waals surface area contributed by atoms with Crippen LogP contribution in [0.4, 0.5) is 0 Å². The third-order valence-corrected chi connectivity index (χ3v) is 6.38. The van der Waals surface area contributed by atoms with Crippen molar-refractivity contribution in [3.63, 3.8) is 0 Å². The molecule has 2 aromatic rings. The van der Waals surface area contributed by atoms with Crippen LogP contribution in [0.3, 0.4) is 0 Å². The van der Waals surface area contributed by atoms with Crippen LogP contribution < -0.4 is 5.32 Å². The average molecular weight is 312 g/mol. The molecule has 0 aromatic carbocycles. The zero-order valence-corrected chi connectivity index (χ0v) is 13.4. The zero-order valence-electron chi connectivity index (χ0n) is 13.4. The van der Waals surface area contributed by atoms with Crippen LogP contribution in [0, 0.1) is 11.3 Å². The van der Waals surface area contributed by atoms with E-state index in [0.29, 0.717) is 17.6 Å². The Morgan fingerprint density at radius 2 is 2.17 bits per heavy atom. The van der Waals surface area contributed by atoms with Gasteiger partial charge in [-0.25, -0.2) is 0 Å². The van der Waals surface area contributed by atoms with Crippen molar-refractivity contribution in [3.8, 4) is 0 Å². The molecule has 2 aliphatic carbocycles. The summed E-state index contributed by atoms with van der Waals surface area (Å²) in [4.78, 5) is 0. The van der Waals surface area contributed by atoms with Crippen LogP contribution in [0.2, 0.25) is 0 Å². The molecule has 3 aliphatic rings. The minimum atomic E-state index is 0.439. The summed E-state index contributed by atoms with van der Waals surface area (Å²) in [5.41, 5.74) is 1.37. The Labute approximate surface area is 136 Å². The lowest BCUT2D eigenvalue weighted by atomic mass is 9.54. The second-order valence-electron chi connectivity index (χ2n) is 7.41. The molecule has 5 nitrogen and oxygen atoms in total. The molecule has 1 spiro atoms. The lowest BCUT2D eigenvalue weighted by Gasteiger charge is -2.57. The van der Waals surface area contributed by atoms with Crippen LogP contribution >= 0.6 is 0 Å². The van der Waals surface area contributed by atoms with Gasteiger partial charge in [-0.1, -0.05) is 18.9 Å². The van der Waals surface area contributed by atoms with Crippen molar-refractivity contribution in [1.29, 1.82) is 0 Å². The molecule has 2 saturated carbocycles. The molecule has 2 aromatic heterocycles. The van der Waals surface area contributed by atoms with Crippen molar-refractivity contribution in [1.82, 2.24) is 19.9 Å². The van der Waals surface area contributed by atoms with Crippen molar-refractivity contribution in [2.45, 2.75) is 50.7 Å². The molecule has 23 heavy (non-hydrogen) atoms. The normalized spacial score (nSPS) is 31.6. The van der Waals surface area contributed by atoms with Crippen LogP contribution in [0.15, 0.2) is 24.4 Å². The molecule has 1 aliphatic heterocycles. The van der Waals surface area contributed by atoms with E-state index in [0.717, 1.165) is 37.0 Å². The van der Waals surface area contributed by atoms with Crippen molar-refractivity contribution < 1.29 is 4.74 Å². The third kappa shape index (κ3) is 1.99. The van der Waals surface area contributed by atoms with Crippen LogP contribution in [-0.4, -0.2) is 39.9 Å². The molecule has 0 radical (unpaired) electrons. The quantitative estimate of drug-likeness (QED) is 0.940. The number of fused-ring (bicyclic) bond motifs is 3. The maximum atomic E-state index is 6.06. The Bertz CT molecular complexity index is 706. The van der Waals surface area contributed by atoms with Gasteiger partial charge in [0, 0.05) is 43.1 Å². The van der Waals surface area contributed by atoms with Gasteiger partial charge in [-0.2, -0.15) is 0 Å². The Balaban J connectivity index is 1.27. The highest BCUT2D eigenvalue weighted by atomic mass is 16.5. The smallest absolute Gasteiger partial charge is 0.160 e. The zero-order chi connectivity index (χ0) is 15.3. The predicted octanol–water partition coefficient (Wildman–Crippen LogP) is 2.21. The van der Waals surface area contributed by atoms with Gasteiger partial charge in [0.2, 0.25) is 0 Å². The van der Waals surface area contributed by atoms with Crippen molar-refractivity contribution in [2.24, 2.45) is 11.3 Å². The molecule has 5 heteroatoms. The van der Waals surface area contributed by atoms with Gasteiger partial charge in [0.1, 0.15) is 5.82 Å². The van der Waals surface area contributed by atoms with Crippen molar-refractivity contribution >= 4 is 5.65 Å². The summed E-state index contributed by atoms with van der Waals surface area (Å²) in [7, 11) is 0. The largest absolute Gasteiger partial charge is 0.377 e. The number of nitrogens with one attached hydrogen (secondary N) is 1. The Morgan fingerprint density at radius 1 is 1.26 bits per heavy atom. The molecule has 3 atom stereocenters. The molecule has 0 amide bonds. The van der Waals surface area contributed by atoms with Crippen LogP contribution in [0.1, 0.15) is 37.9 Å². The van der Waals surface area contributed by atoms with Gasteiger partial charge in [0.05, 0.1) is 6.10 Å². The summed E-state index contributed by atoms with van der Waals surface area (Å²) in [6.45, 7) is 1.94. The number of ether oxygens (including phenoxy) is 1. The number of nitrogens with zero attached hydrogens (tertiary/aromatic N) is 3. The summed E-state index contributed by atoms with van der Waals surface area (Å²) in [5, 5.41) is 12.4. The van der Waals surface area contributed by atoms with Gasteiger partial charge in [-0.05, 0) is 31.4 Å². The highest BCUT2D eigenvalue weighted by Gasteiger charge is 2.64. The van der Waals surface area contributed by atoms with Crippen molar-refractivity contribution in [2.75, 3.05) is 13.2 Å². The van der Waals surface area contributed by atoms with Gasteiger partial charge >= 0.3 is 0 Å². The molecule has 0 bridgehead atoms. The first-order valence-corrected chi connectivity index (χ1v) is 9.02. The maximum Gasteiger partial charge on any atom is 0.160 e. The molecular weight excluding hydrogens is 288 g/mol. The first kappa shape index (κ1) is 13.9.